The minimum absolute atomic E-state index is 0.0927. The molecule has 0 saturated carbocycles. The van der Waals surface area contributed by atoms with E-state index < -0.39 is 11.5 Å². The van der Waals surface area contributed by atoms with Crippen LogP contribution in [0.25, 0.3) is 11.3 Å². The van der Waals surface area contributed by atoms with Crippen molar-refractivity contribution in [1.29, 1.82) is 0 Å². The lowest BCUT2D eigenvalue weighted by Gasteiger charge is -2.34. The number of carbonyl (C=O) groups excluding carboxylic acids is 2. The molecule has 0 unspecified atom stereocenters. The molecule has 1 aliphatic heterocycles. The monoisotopic (exact) mass is 396 g/mol. The average molecular weight is 396 g/mol. The second-order valence-corrected chi connectivity index (χ2v) is 6.55. The van der Waals surface area contributed by atoms with Gasteiger partial charge in [-0.2, -0.15) is 4.98 Å². The molecule has 3 aromatic rings. The summed E-state index contributed by atoms with van der Waals surface area (Å²) < 4.78 is 18.3. The van der Waals surface area contributed by atoms with Crippen LogP contribution >= 0.6 is 0 Å². The zero-order valence-electron chi connectivity index (χ0n) is 15.3. The fourth-order valence-electron chi connectivity index (χ4n) is 3.18. The van der Waals surface area contributed by atoms with Crippen molar-refractivity contribution in [2.24, 2.45) is 0 Å². The summed E-state index contributed by atoms with van der Waals surface area (Å²) in [4.78, 5) is 46.6. The first kappa shape index (κ1) is 18.6. The van der Waals surface area contributed by atoms with E-state index in [2.05, 4.69) is 9.97 Å². The van der Waals surface area contributed by atoms with Crippen molar-refractivity contribution in [1.82, 2.24) is 19.8 Å². The molecule has 0 bridgehead atoms. The fourth-order valence-corrected chi connectivity index (χ4v) is 3.18. The highest BCUT2D eigenvalue weighted by atomic mass is 19.1. The number of aromatic amines is 1. The Labute approximate surface area is 164 Å². The molecule has 2 aromatic heterocycles. The number of hydrogen-bond acceptors (Lipinski definition) is 5. The quantitative estimate of drug-likeness (QED) is 0.727. The van der Waals surface area contributed by atoms with Gasteiger partial charge in [-0.1, -0.05) is 0 Å². The van der Waals surface area contributed by atoms with Crippen LogP contribution in [0.5, 0.6) is 0 Å². The Bertz CT molecular complexity index is 1080. The zero-order chi connectivity index (χ0) is 20.4. The Balaban J connectivity index is 1.48. The molecule has 1 saturated heterocycles. The summed E-state index contributed by atoms with van der Waals surface area (Å²) in [6.45, 7) is 1.35. The van der Waals surface area contributed by atoms with Gasteiger partial charge in [0, 0.05) is 31.7 Å². The van der Waals surface area contributed by atoms with Gasteiger partial charge in [-0.05, 0) is 42.5 Å². The van der Waals surface area contributed by atoms with E-state index in [9.17, 15) is 18.8 Å². The Hall–Kier alpha value is -3.75. The molecule has 0 atom stereocenters. The normalized spacial score (nSPS) is 14.1. The van der Waals surface area contributed by atoms with Gasteiger partial charge in [0.2, 0.25) is 0 Å². The minimum atomic E-state index is -0.665. The summed E-state index contributed by atoms with van der Waals surface area (Å²) in [6, 6.07) is 10.2. The van der Waals surface area contributed by atoms with E-state index in [-0.39, 0.29) is 29.0 Å². The number of carbonyl (C=O) groups is 2. The molecule has 1 aliphatic rings. The van der Waals surface area contributed by atoms with Crippen LogP contribution < -0.4 is 5.69 Å². The van der Waals surface area contributed by atoms with Gasteiger partial charge in [0.1, 0.15) is 11.5 Å². The number of amides is 2. The third-order valence-corrected chi connectivity index (χ3v) is 4.70. The fraction of sp³-hybridized carbons (Fsp3) is 0.200. The van der Waals surface area contributed by atoms with Crippen LogP contribution in [0.1, 0.15) is 21.0 Å². The molecule has 1 fully saturated rings. The van der Waals surface area contributed by atoms with Crippen LogP contribution in [0.15, 0.2) is 57.9 Å². The molecule has 29 heavy (non-hydrogen) atoms. The predicted molar refractivity (Wildman–Crippen MR) is 101 cm³/mol. The molecule has 0 aliphatic carbocycles. The lowest BCUT2D eigenvalue weighted by molar-refractivity contribution is 0.0515. The summed E-state index contributed by atoms with van der Waals surface area (Å²) in [7, 11) is 0. The number of nitrogens with zero attached hydrogens (tertiary/aromatic N) is 3. The minimum Gasteiger partial charge on any atom is -0.459 e. The molecule has 9 heteroatoms. The predicted octanol–water partition coefficient (Wildman–Crippen LogP) is 1.77. The molecule has 0 radical (unpaired) electrons. The molecule has 3 heterocycles. The molecule has 4 rings (SSSR count). The van der Waals surface area contributed by atoms with Crippen molar-refractivity contribution < 1.29 is 18.4 Å². The number of rotatable bonds is 3. The van der Waals surface area contributed by atoms with Gasteiger partial charge in [-0.15, -0.1) is 0 Å². The molecule has 0 spiro atoms. The second kappa shape index (κ2) is 7.70. The van der Waals surface area contributed by atoms with Crippen LogP contribution in [0.4, 0.5) is 4.39 Å². The van der Waals surface area contributed by atoms with Crippen molar-refractivity contribution in [3.63, 3.8) is 0 Å². The lowest BCUT2D eigenvalue weighted by atomic mass is 10.1. The first-order valence-corrected chi connectivity index (χ1v) is 9.00. The molecule has 8 nitrogen and oxygen atoms in total. The largest absolute Gasteiger partial charge is 0.459 e. The SMILES string of the molecule is O=C(c1cc(-c2ccc(F)cc2)nc(=O)[nH]1)N1CCN(C(=O)c2ccco2)CC1. The number of hydrogen-bond donors (Lipinski definition) is 1. The molecule has 148 valence electrons. The van der Waals surface area contributed by atoms with E-state index in [1.165, 1.54) is 36.6 Å². The van der Waals surface area contributed by atoms with Gasteiger partial charge < -0.3 is 19.2 Å². The summed E-state index contributed by atoms with van der Waals surface area (Å²) in [6.07, 6.45) is 1.44. The van der Waals surface area contributed by atoms with Crippen LogP contribution in [0, 0.1) is 5.82 Å². The van der Waals surface area contributed by atoms with Crippen molar-refractivity contribution in [3.8, 4) is 11.3 Å². The van der Waals surface area contributed by atoms with E-state index in [0.717, 1.165) is 0 Å². The van der Waals surface area contributed by atoms with Crippen LogP contribution in [-0.2, 0) is 0 Å². The van der Waals surface area contributed by atoms with Gasteiger partial charge >= 0.3 is 5.69 Å². The van der Waals surface area contributed by atoms with E-state index in [0.29, 0.717) is 31.7 Å². The van der Waals surface area contributed by atoms with E-state index in [1.807, 2.05) is 0 Å². The third-order valence-electron chi connectivity index (χ3n) is 4.70. The lowest BCUT2D eigenvalue weighted by Crippen LogP contribution is -2.50. The third kappa shape index (κ3) is 3.93. The van der Waals surface area contributed by atoms with E-state index in [1.54, 1.807) is 21.9 Å². The smallest absolute Gasteiger partial charge is 0.346 e. The first-order valence-electron chi connectivity index (χ1n) is 9.00. The second-order valence-electron chi connectivity index (χ2n) is 6.55. The topological polar surface area (TPSA) is 99.5 Å². The summed E-state index contributed by atoms with van der Waals surface area (Å²) in [5.74, 6) is -0.736. The van der Waals surface area contributed by atoms with Crippen molar-refractivity contribution in [3.05, 3.63) is 76.5 Å². The highest BCUT2D eigenvalue weighted by molar-refractivity contribution is 5.94. The van der Waals surface area contributed by atoms with Crippen LogP contribution in [-0.4, -0.2) is 57.8 Å². The first-order chi connectivity index (χ1) is 14.0. The molecule has 1 N–H and O–H groups in total. The number of benzene rings is 1. The van der Waals surface area contributed by atoms with Gasteiger partial charge in [0.05, 0.1) is 12.0 Å². The number of piperazine rings is 1. The number of H-pyrrole nitrogens is 1. The highest BCUT2D eigenvalue weighted by Crippen LogP contribution is 2.18. The Morgan fingerprint density at radius 1 is 1.00 bits per heavy atom. The molecular formula is C20H17FN4O4. The maximum absolute atomic E-state index is 13.1. The maximum atomic E-state index is 13.1. The van der Waals surface area contributed by atoms with Crippen LogP contribution in [0.3, 0.4) is 0 Å². The Morgan fingerprint density at radius 3 is 2.28 bits per heavy atom. The number of nitrogens with one attached hydrogen (secondary N) is 1. The number of halogens is 1. The maximum Gasteiger partial charge on any atom is 0.346 e. The van der Waals surface area contributed by atoms with Crippen molar-refractivity contribution in [2.45, 2.75) is 0 Å². The summed E-state index contributed by atoms with van der Waals surface area (Å²) in [5.41, 5.74) is 0.237. The Kier molecular flexibility index (Phi) is 4.94. The standard InChI is InChI=1S/C20H17FN4O4/c21-14-5-3-13(4-6-14)15-12-16(23-20(28)22-15)18(26)24-7-9-25(10-8-24)19(27)17-2-1-11-29-17/h1-6,11-12H,7-10H2,(H,22,23,28). The number of aromatic nitrogens is 2. The van der Waals surface area contributed by atoms with Gasteiger partial charge in [0.25, 0.3) is 11.8 Å². The van der Waals surface area contributed by atoms with E-state index >= 15 is 0 Å². The highest BCUT2D eigenvalue weighted by Gasteiger charge is 2.27. The Morgan fingerprint density at radius 2 is 1.66 bits per heavy atom. The van der Waals surface area contributed by atoms with E-state index in [4.69, 9.17) is 4.42 Å². The molecule has 1 aromatic carbocycles. The summed E-state index contributed by atoms with van der Waals surface area (Å²) in [5, 5.41) is 0. The summed E-state index contributed by atoms with van der Waals surface area (Å²) >= 11 is 0. The number of furan rings is 1. The van der Waals surface area contributed by atoms with Crippen LogP contribution in [0.2, 0.25) is 0 Å². The molecular weight excluding hydrogens is 379 g/mol. The molecule has 2 amide bonds. The van der Waals surface area contributed by atoms with Gasteiger partial charge in [0.15, 0.2) is 5.76 Å². The van der Waals surface area contributed by atoms with Gasteiger partial charge in [-0.3, -0.25) is 9.59 Å². The zero-order valence-corrected chi connectivity index (χ0v) is 15.3. The van der Waals surface area contributed by atoms with Crippen molar-refractivity contribution >= 4 is 11.8 Å². The van der Waals surface area contributed by atoms with Gasteiger partial charge in [-0.25, -0.2) is 9.18 Å². The van der Waals surface area contributed by atoms with Crippen molar-refractivity contribution in [2.75, 3.05) is 26.2 Å². The average Bonchev–Trinajstić information content (AvgIpc) is 3.28.